The standard InChI is InChI=1S/C11H13N3OS/c1-7-10(8(2)15)16-11(13-7)14-4-3-9(5-12)6-14/h9H,3-4,6H2,1-2H3/t9-/m0/s1. The van der Waals surface area contributed by atoms with Crippen LogP contribution in [0.3, 0.4) is 0 Å². The molecule has 0 N–H and O–H groups in total. The summed E-state index contributed by atoms with van der Waals surface area (Å²) >= 11 is 1.43. The number of nitrogens with zero attached hydrogens (tertiary/aromatic N) is 3. The summed E-state index contributed by atoms with van der Waals surface area (Å²) in [5, 5.41) is 9.71. The Hall–Kier alpha value is -1.41. The van der Waals surface area contributed by atoms with E-state index < -0.39 is 0 Å². The number of thiazole rings is 1. The monoisotopic (exact) mass is 235 g/mol. The maximum Gasteiger partial charge on any atom is 0.186 e. The van der Waals surface area contributed by atoms with E-state index in [1.807, 2.05) is 6.92 Å². The molecule has 1 atom stereocenters. The summed E-state index contributed by atoms with van der Waals surface area (Å²) in [5.41, 5.74) is 0.799. The van der Waals surface area contributed by atoms with E-state index >= 15 is 0 Å². The van der Waals surface area contributed by atoms with Gasteiger partial charge in [-0.25, -0.2) is 4.98 Å². The second-order valence-corrected chi connectivity index (χ2v) is 5.01. The van der Waals surface area contributed by atoms with Crippen molar-refractivity contribution in [2.45, 2.75) is 20.3 Å². The first-order chi connectivity index (χ1) is 7.61. The van der Waals surface area contributed by atoms with Crippen LogP contribution in [0.2, 0.25) is 0 Å². The number of aromatic nitrogens is 1. The largest absolute Gasteiger partial charge is 0.347 e. The number of hydrogen-bond acceptors (Lipinski definition) is 5. The van der Waals surface area contributed by atoms with E-state index in [2.05, 4.69) is 16.0 Å². The molecule has 16 heavy (non-hydrogen) atoms. The van der Waals surface area contributed by atoms with Gasteiger partial charge in [0.2, 0.25) is 0 Å². The van der Waals surface area contributed by atoms with Crippen LogP contribution in [-0.4, -0.2) is 23.9 Å². The van der Waals surface area contributed by atoms with E-state index in [0.29, 0.717) is 0 Å². The topological polar surface area (TPSA) is 57.0 Å². The van der Waals surface area contributed by atoms with Crippen molar-refractivity contribution in [3.63, 3.8) is 0 Å². The lowest BCUT2D eigenvalue weighted by Gasteiger charge is -2.12. The number of carbonyl (C=O) groups is 1. The number of rotatable bonds is 2. The Balaban J connectivity index is 2.20. The summed E-state index contributed by atoms with van der Waals surface area (Å²) in [4.78, 5) is 18.5. The number of aryl methyl sites for hydroxylation is 1. The first kappa shape index (κ1) is 11.1. The van der Waals surface area contributed by atoms with E-state index in [9.17, 15) is 4.79 Å². The SMILES string of the molecule is CC(=O)c1sc(N2CC[C@@H](C#N)C2)nc1C. The lowest BCUT2D eigenvalue weighted by atomic mass is 10.1. The first-order valence-corrected chi connectivity index (χ1v) is 6.06. The zero-order valence-electron chi connectivity index (χ0n) is 9.36. The maximum absolute atomic E-state index is 11.3. The zero-order valence-corrected chi connectivity index (χ0v) is 10.2. The predicted octanol–water partition coefficient (Wildman–Crippen LogP) is 2.00. The maximum atomic E-state index is 11.3. The van der Waals surface area contributed by atoms with Crippen LogP contribution in [-0.2, 0) is 0 Å². The van der Waals surface area contributed by atoms with E-state index in [0.717, 1.165) is 35.2 Å². The zero-order chi connectivity index (χ0) is 11.7. The Morgan fingerprint density at radius 2 is 2.44 bits per heavy atom. The molecule has 0 bridgehead atoms. The molecule has 1 aromatic rings. The van der Waals surface area contributed by atoms with Crippen molar-refractivity contribution in [1.82, 2.24) is 4.98 Å². The minimum absolute atomic E-state index is 0.0669. The molecular weight excluding hydrogens is 222 g/mol. The molecule has 5 heteroatoms. The second kappa shape index (κ2) is 4.22. The van der Waals surface area contributed by atoms with Gasteiger partial charge in [0.15, 0.2) is 10.9 Å². The van der Waals surface area contributed by atoms with Crippen LogP contribution in [0.1, 0.15) is 28.7 Å². The van der Waals surface area contributed by atoms with E-state index in [1.165, 1.54) is 11.3 Å². The van der Waals surface area contributed by atoms with Crippen LogP contribution in [0.4, 0.5) is 5.13 Å². The van der Waals surface area contributed by atoms with Crippen LogP contribution in [0.15, 0.2) is 0 Å². The van der Waals surface area contributed by atoms with Crippen molar-refractivity contribution in [2.75, 3.05) is 18.0 Å². The highest BCUT2D eigenvalue weighted by Gasteiger charge is 2.25. The minimum Gasteiger partial charge on any atom is -0.347 e. The molecule has 1 aliphatic rings. The molecule has 0 aromatic carbocycles. The van der Waals surface area contributed by atoms with Crippen molar-refractivity contribution in [3.8, 4) is 6.07 Å². The molecule has 4 nitrogen and oxygen atoms in total. The number of nitriles is 1. The second-order valence-electron chi connectivity index (χ2n) is 4.03. The van der Waals surface area contributed by atoms with Gasteiger partial charge in [-0.15, -0.1) is 0 Å². The van der Waals surface area contributed by atoms with Gasteiger partial charge in [-0.3, -0.25) is 4.79 Å². The Morgan fingerprint density at radius 1 is 1.69 bits per heavy atom. The molecule has 0 amide bonds. The third kappa shape index (κ3) is 1.93. The minimum atomic E-state index is 0.0669. The molecular formula is C11H13N3OS. The lowest BCUT2D eigenvalue weighted by molar-refractivity contribution is 0.102. The molecule has 1 aliphatic heterocycles. The lowest BCUT2D eigenvalue weighted by Crippen LogP contribution is -2.18. The molecule has 2 heterocycles. The van der Waals surface area contributed by atoms with Crippen LogP contribution >= 0.6 is 11.3 Å². The molecule has 1 aromatic heterocycles. The Labute approximate surface area is 98.5 Å². The number of hydrogen-bond donors (Lipinski definition) is 0. The predicted molar refractivity (Wildman–Crippen MR) is 62.8 cm³/mol. The summed E-state index contributed by atoms with van der Waals surface area (Å²) in [6, 6.07) is 2.28. The summed E-state index contributed by atoms with van der Waals surface area (Å²) in [5.74, 6) is 0.169. The quantitative estimate of drug-likeness (QED) is 0.736. The van der Waals surface area contributed by atoms with Gasteiger partial charge in [-0.1, -0.05) is 11.3 Å². The third-order valence-electron chi connectivity index (χ3n) is 2.75. The van der Waals surface area contributed by atoms with Crippen LogP contribution in [0.25, 0.3) is 0 Å². The molecule has 0 aliphatic carbocycles. The van der Waals surface area contributed by atoms with Crippen molar-refractivity contribution >= 4 is 22.3 Å². The van der Waals surface area contributed by atoms with Crippen LogP contribution < -0.4 is 4.90 Å². The van der Waals surface area contributed by atoms with Gasteiger partial charge >= 0.3 is 0 Å². The first-order valence-electron chi connectivity index (χ1n) is 5.24. The fourth-order valence-electron chi connectivity index (χ4n) is 1.88. The number of Topliss-reactive ketones (excluding diaryl/α,β-unsaturated/α-hetero) is 1. The molecule has 0 unspecified atom stereocenters. The summed E-state index contributed by atoms with van der Waals surface area (Å²) < 4.78 is 0. The van der Waals surface area contributed by atoms with Crippen molar-refractivity contribution in [3.05, 3.63) is 10.6 Å². The third-order valence-corrected chi connectivity index (χ3v) is 4.07. The van der Waals surface area contributed by atoms with Gasteiger partial charge in [0.05, 0.1) is 22.6 Å². The van der Waals surface area contributed by atoms with E-state index in [1.54, 1.807) is 6.92 Å². The summed E-state index contributed by atoms with van der Waals surface area (Å²) in [7, 11) is 0. The number of carbonyl (C=O) groups excluding carboxylic acids is 1. The average Bonchev–Trinajstić information content (AvgIpc) is 2.83. The summed E-state index contributed by atoms with van der Waals surface area (Å²) in [6.07, 6.45) is 0.893. The van der Waals surface area contributed by atoms with Crippen molar-refractivity contribution in [1.29, 1.82) is 5.26 Å². The smallest absolute Gasteiger partial charge is 0.186 e. The molecule has 84 valence electrons. The van der Waals surface area contributed by atoms with Crippen molar-refractivity contribution < 1.29 is 4.79 Å². The highest BCUT2D eigenvalue weighted by Crippen LogP contribution is 2.30. The van der Waals surface area contributed by atoms with Crippen LogP contribution in [0, 0.1) is 24.2 Å². The fourth-order valence-corrected chi connectivity index (χ4v) is 2.88. The molecule has 0 spiro atoms. The number of ketones is 1. The van der Waals surface area contributed by atoms with E-state index in [4.69, 9.17) is 5.26 Å². The summed E-state index contributed by atoms with van der Waals surface area (Å²) in [6.45, 7) is 5.02. The van der Waals surface area contributed by atoms with Gasteiger partial charge < -0.3 is 4.90 Å². The Morgan fingerprint density at radius 3 is 2.94 bits per heavy atom. The highest BCUT2D eigenvalue weighted by atomic mass is 32.1. The molecule has 1 fully saturated rings. The Bertz CT molecular complexity index is 460. The van der Waals surface area contributed by atoms with Gasteiger partial charge in [-0.2, -0.15) is 5.26 Å². The van der Waals surface area contributed by atoms with Gasteiger partial charge in [-0.05, 0) is 13.3 Å². The van der Waals surface area contributed by atoms with Gasteiger partial charge in [0.1, 0.15) is 0 Å². The number of anilines is 1. The molecule has 2 rings (SSSR count). The van der Waals surface area contributed by atoms with E-state index in [-0.39, 0.29) is 11.7 Å². The highest BCUT2D eigenvalue weighted by molar-refractivity contribution is 7.17. The van der Waals surface area contributed by atoms with Gasteiger partial charge in [0.25, 0.3) is 0 Å². The molecule has 1 saturated heterocycles. The molecule has 0 saturated carbocycles. The van der Waals surface area contributed by atoms with Gasteiger partial charge in [0, 0.05) is 20.0 Å². The van der Waals surface area contributed by atoms with Crippen LogP contribution in [0.5, 0.6) is 0 Å². The fraction of sp³-hybridized carbons (Fsp3) is 0.545. The van der Waals surface area contributed by atoms with Crippen molar-refractivity contribution in [2.24, 2.45) is 5.92 Å². The Kier molecular flexibility index (Phi) is 2.92. The average molecular weight is 235 g/mol. The molecule has 0 radical (unpaired) electrons. The normalized spacial score (nSPS) is 19.8.